The number of imidazole rings is 2. The van der Waals surface area contributed by atoms with Crippen LogP contribution in [0, 0.1) is 0 Å². The summed E-state index contributed by atoms with van der Waals surface area (Å²) < 4.78 is 4.25. The lowest BCUT2D eigenvalue weighted by Crippen LogP contribution is -2.18. The molecule has 0 radical (unpaired) electrons. The molecule has 0 saturated carbocycles. The van der Waals surface area contributed by atoms with Crippen molar-refractivity contribution in [3.05, 3.63) is 36.4 Å². The van der Waals surface area contributed by atoms with E-state index in [1.165, 1.54) is 0 Å². The van der Waals surface area contributed by atoms with Gasteiger partial charge in [-0.25, -0.2) is 9.97 Å². The predicted octanol–water partition coefficient (Wildman–Crippen LogP) is 1.36. The zero-order valence-corrected chi connectivity index (χ0v) is 11.1. The van der Waals surface area contributed by atoms with Crippen LogP contribution in [-0.4, -0.2) is 25.6 Å². The second-order valence-corrected chi connectivity index (χ2v) is 4.42. The first-order valence-corrected chi connectivity index (χ1v) is 6.48. The number of aromatic nitrogens is 4. The highest BCUT2D eigenvalue weighted by Crippen LogP contribution is 2.02. The van der Waals surface area contributed by atoms with Crippen LogP contribution >= 0.6 is 0 Å². The highest BCUT2D eigenvalue weighted by Gasteiger charge is 2.04. The number of aryl methyl sites for hydroxylation is 3. The monoisotopic (exact) mass is 247 g/mol. The number of nitrogens with zero attached hydrogens (tertiary/aromatic N) is 4. The van der Waals surface area contributed by atoms with Crippen LogP contribution in [0.2, 0.25) is 0 Å². The second-order valence-electron chi connectivity index (χ2n) is 4.42. The number of rotatable bonds is 7. The molecule has 0 atom stereocenters. The van der Waals surface area contributed by atoms with E-state index in [0.29, 0.717) is 0 Å². The van der Waals surface area contributed by atoms with Gasteiger partial charge in [0, 0.05) is 44.8 Å². The third-order valence-corrected chi connectivity index (χ3v) is 3.01. The van der Waals surface area contributed by atoms with Gasteiger partial charge in [0.2, 0.25) is 0 Å². The van der Waals surface area contributed by atoms with Crippen LogP contribution in [-0.2, 0) is 26.6 Å². The zero-order valence-electron chi connectivity index (χ0n) is 11.1. The summed E-state index contributed by atoms with van der Waals surface area (Å²) in [7, 11) is 2.03. The van der Waals surface area contributed by atoms with Crippen LogP contribution in [0.5, 0.6) is 0 Å². The van der Waals surface area contributed by atoms with Crippen molar-refractivity contribution in [2.24, 2.45) is 7.05 Å². The molecule has 0 unspecified atom stereocenters. The average Bonchev–Trinajstić information content (AvgIpc) is 2.96. The molecular formula is C13H21N5. The van der Waals surface area contributed by atoms with Crippen molar-refractivity contribution < 1.29 is 0 Å². The molecule has 0 aliphatic carbocycles. The highest BCUT2D eigenvalue weighted by molar-refractivity contribution is 4.95. The number of hydrogen-bond acceptors (Lipinski definition) is 3. The summed E-state index contributed by atoms with van der Waals surface area (Å²) in [5.74, 6) is 2.20. The molecule has 0 aliphatic heterocycles. The van der Waals surface area contributed by atoms with Crippen molar-refractivity contribution in [3.8, 4) is 0 Å². The molecule has 2 heterocycles. The van der Waals surface area contributed by atoms with E-state index in [0.717, 1.165) is 44.1 Å². The summed E-state index contributed by atoms with van der Waals surface area (Å²) in [5, 5.41) is 3.38. The fraction of sp³-hybridized carbons (Fsp3) is 0.538. The smallest absolute Gasteiger partial charge is 0.122 e. The molecule has 0 spiro atoms. The molecule has 5 nitrogen and oxygen atoms in total. The van der Waals surface area contributed by atoms with E-state index in [4.69, 9.17) is 0 Å². The predicted molar refractivity (Wildman–Crippen MR) is 71.1 cm³/mol. The van der Waals surface area contributed by atoms with Gasteiger partial charge >= 0.3 is 0 Å². The van der Waals surface area contributed by atoms with Gasteiger partial charge in [0.1, 0.15) is 11.6 Å². The van der Waals surface area contributed by atoms with Crippen molar-refractivity contribution in [2.75, 3.05) is 6.54 Å². The van der Waals surface area contributed by atoms with Crippen LogP contribution in [0.25, 0.3) is 0 Å². The van der Waals surface area contributed by atoms with Gasteiger partial charge in [0.15, 0.2) is 0 Å². The molecule has 18 heavy (non-hydrogen) atoms. The van der Waals surface area contributed by atoms with Crippen LogP contribution < -0.4 is 5.32 Å². The van der Waals surface area contributed by atoms with Crippen LogP contribution in [0.15, 0.2) is 24.8 Å². The van der Waals surface area contributed by atoms with E-state index in [2.05, 4.69) is 31.3 Å². The Morgan fingerprint density at radius 3 is 2.67 bits per heavy atom. The summed E-state index contributed by atoms with van der Waals surface area (Å²) in [4.78, 5) is 8.72. The first kappa shape index (κ1) is 12.8. The Balaban J connectivity index is 1.89. The SMILES string of the molecule is CCCNCc1nccn1CCc1nccn1C. The number of nitrogens with one attached hydrogen (secondary N) is 1. The summed E-state index contributed by atoms with van der Waals surface area (Å²) in [6.07, 6.45) is 9.79. The van der Waals surface area contributed by atoms with Gasteiger partial charge in [-0.1, -0.05) is 6.92 Å². The minimum absolute atomic E-state index is 0.835. The van der Waals surface area contributed by atoms with Crippen LogP contribution in [0.4, 0.5) is 0 Å². The third kappa shape index (κ3) is 3.20. The maximum absolute atomic E-state index is 4.38. The minimum atomic E-state index is 0.835. The van der Waals surface area contributed by atoms with E-state index >= 15 is 0 Å². The maximum atomic E-state index is 4.38. The molecule has 0 saturated heterocycles. The summed E-state index contributed by atoms with van der Waals surface area (Å²) in [5.41, 5.74) is 0. The molecule has 5 heteroatoms. The first-order chi connectivity index (χ1) is 8.81. The Hall–Kier alpha value is -1.62. The summed E-state index contributed by atoms with van der Waals surface area (Å²) >= 11 is 0. The van der Waals surface area contributed by atoms with Gasteiger partial charge in [0.05, 0.1) is 6.54 Å². The summed E-state index contributed by atoms with van der Waals surface area (Å²) in [6, 6.07) is 0. The van der Waals surface area contributed by atoms with E-state index < -0.39 is 0 Å². The van der Waals surface area contributed by atoms with E-state index in [9.17, 15) is 0 Å². The second kappa shape index (κ2) is 6.35. The standard InChI is InChI=1S/C13H21N5/c1-3-5-14-11-13-16-7-10-18(13)8-4-12-15-6-9-17(12)2/h6-7,9-10,14H,3-5,8,11H2,1-2H3. The lowest BCUT2D eigenvalue weighted by atomic mass is 10.4. The van der Waals surface area contributed by atoms with Crippen molar-refractivity contribution in [3.63, 3.8) is 0 Å². The molecule has 0 fully saturated rings. The molecule has 0 aromatic carbocycles. The largest absolute Gasteiger partial charge is 0.338 e. The molecular weight excluding hydrogens is 226 g/mol. The Morgan fingerprint density at radius 1 is 1.17 bits per heavy atom. The Labute approximate surface area is 108 Å². The van der Waals surface area contributed by atoms with Crippen LogP contribution in [0.1, 0.15) is 25.0 Å². The summed E-state index contributed by atoms with van der Waals surface area (Å²) in [6.45, 7) is 4.96. The Kier molecular flexibility index (Phi) is 4.52. The average molecular weight is 247 g/mol. The van der Waals surface area contributed by atoms with Gasteiger partial charge in [0.25, 0.3) is 0 Å². The van der Waals surface area contributed by atoms with E-state index in [1.54, 1.807) is 0 Å². The topological polar surface area (TPSA) is 47.7 Å². The fourth-order valence-corrected chi connectivity index (χ4v) is 1.95. The molecule has 2 aromatic heterocycles. The molecule has 0 aliphatic rings. The molecule has 0 amide bonds. The van der Waals surface area contributed by atoms with E-state index in [1.807, 2.05) is 31.8 Å². The van der Waals surface area contributed by atoms with Gasteiger partial charge in [-0.05, 0) is 13.0 Å². The number of hydrogen-bond donors (Lipinski definition) is 1. The van der Waals surface area contributed by atoms with Crippen LogP contribution in [0.3, 0.4) is 0 Å². The minimum Gasteiger partial charge on any atom is -0.338 e. The normalized spacial score (nSPS) is 11.0. The quantitative estimate of drug-likeness (QED) is 0.752. The lowest BCUT2D eigenvalue weighted by Gasteiger charge is -2.08. The van der Waals surface area contributed by atoms with Gasteiger partial charge < -0.3 is 14.5 Å². The first-order valence-electron chi connectivity index (χ1n) is 6.48. The maximum Gasteiger partial charge on any atom is 0.122 e. The molecule has 1 N–H and O–H groups in total. The zero-order chi connectivity index (χ0) is 12.8. The Bertz CT molecular complexity index is 471. The Morgan fingerprint density at radius 2 is 1.94 bits per heavy atom. The van der Waals surface area contributed by atoms with Gasteiger partial charge in [-0.15, -0.1) is 0 Å². The van der Waals surface area contributed by atoms with Crippen molar-refractivity contribution in [1.82, 2.24) is 24.4 Å². The fourth-order valence-electron chi connectivity index (χ4n) is 1.95. The lowest BCUT2D eigenvalue weighted by molar-refractivity contribution is 0.579. The highest BCUT2D eigenvalue weighted by atomic mass is 15.1. The van der Waals surface area contributed by atoms with Gasteiger partial charge in [-0.3, -0.25) is 0 Å². The van der Waals surface area contributed by atoms with Gasteiger partial charge in [-0.2, -0.15) is 0 Å². The molecule has 98 valence electrons. The molecule has 2 rings (SSSR count). The molecule has 0 bridgehead atoms. The van der Waals surface area contributed by atoms with Crippen molar-refractivity contribution >= 4 is 0 Å². The van der Waals surface area contributed by atoms with E-state index in [-0.39, 0.29) is 0 Å². The third-order valence-electron chi connectivity index (χ3n) is 3.01. The van der Waals surface area contributed by atoms with Crippen molar-refractivity contribution in [2.45, 2.75) is 32.9 Å². The molecule has 2 aromatic rings. The van der Waals surface area contributed by atoms with Crippen molar-refractivity contribution in [1.29, 1.82) is 0 Å².